The number of aryl methyl sites for hydroxylation is 1. The summed E-state index contributed by atoms with van der Waals surface area (Å²) in [5.41, 5.74) is 1.04. The number of aromatic nitrogens is 2. The van der Waals surface area contributed by atoms with E-state index in [4.69, 9.17) is 0 Å². The third-order valence-corrected chi connectivity index (χ3v) is 1.43. The third kappa shape index (κ3) is 1.48. The Morgan fingerprint density at radius 1 is 1.78 bits per heavy atom. The lowest BCUT2D eigenvalue weighted by molar-refractivity contribution is 0.744. The fourth-order valence-corrected chi connectivity index (χ4v) is 0.771. The molecule has 1 aromatic rings. The molecule has 1 unspecified atom stereocenters. The molecule has 0 radical (unpaired) electrons. The molecule has 0 bridgehead atoms. The van der Waals surface area contributed by atoms with Gasteiger partial charge in [0.15, 0.2) is 0 Å². The maximum absolute atomic E-state index is 4.22. The summed E-state index contributed by atoms with van der Waals surface area (Å²) in [4.78, 5) is 4.05. The Kier molecular flexibility index (Phi) is 1.81. The van der Waals surface area contributed by atoms with Gasteiger partial charge in [-0.3, -0.25) is 0 Å². The molecule has 2 nitrogen and oxygen atoms in total. The molecular weight excluding hydrogens is 132 g/mol. The van der Waals surface area contributed by atoms with Gasteiger partial charge in [-0.1, -0.05) is 0 Å². The summed E-state index contributed by atoms with van der Waals surface area (Å²) in [6.45, 7) is 3.97. The van der Waals surface area contributed by atoms with E-state index in [1.807, 2.05) is 24.6 Å². The average Bonchev–Trinajstić information content (AvgIpc) is 2.14. The fraction of sp³-hybridized carbons (Fsp3) is 0.500. The van der Waals surface area contributed by atoms with E-state index < -0.39 is 0 Å². The van der Waals surface area contributed by atoms with E-state index in [1.165, 1.54) is 0 Å². The van der Waals surface area contributed by atoms with Gasteiger partial charge in [-0.25, -0.2) is 4.98 Å². The molecule has 0 spiro atoms. The number of hydrogen-bond donors (Lipinski definition) is 1. The molecule has 0 fully saturated rings. The van der Waals surface area contributed by atoms with E-state index in [-0.39, 0.29) is 5.37 Å². The van der Waals surface area contributed by atoms with Crippen LogP contribution in [0.25, 0.3) is 0 Å². The summed E-state index contributed by atoms with van der Waals surface area (Å²) in [7, 11) is 0. The van der Waals surface area contributed by atoms with Crippen LogP contribution in [-0.2, 0) is 0 Å². The Hall–Kier alpha value is -0.440. The molecule has 0 saturated carbocycles. The van der Waals surface area contributed by atoms with Crippen molar-refractivity contribution in [1.82, 2.24) is 9.55 Å². The quantitative estimate of drug-likeness (QED) is 0.590. The van der Waals surface area contributed by atoms with Crippen LogP contribution in [0.15, 0.2) is 12.5 Å². The molecule has 0 aliphatic heterocycles. The van der Waals surface area contributed by atoms with Crippen molar-refractivity contribution in [2.75, 3.05) is 0 Å². The van der Waals surface area contributed by atoms with Crippen molar-refractivity contribution < 1.29 is 0 Å². The van der Waals surface area contributed by atoms with E-state index in [9.17, 15) is 0 Å². The zero-order valence-electron chi connectivity index (χ0n) is 5.57. The minimum absolute atomic E-state index is 0.228. The van der Waals surface area contributed by atoms with E-state index >= 15 is 0 Å². The Morgan fingerprint density at radius 3 is 2.67 bits per heavy atom. The zero-order chi connectivity index (χ0) is 6.85. The molecule has 0 aliphatic carbocycles. The van der Waals surface area contributed by atoms with Crippen molar-refractivity contribution in [3.8, 4) is 0 Å². The smallest absolute Gasteiger partial charge is 0.0958 e. The predicted molar refractivity (Wildman–Crippen MR) is 40.7 cm³/mol. The molecule has 3 heteroatoms. The highest BCUT2D eigenvalue weighted by atomic mass is 32.1. The van der Waals surface area contributed by atoms with Crippen LogP contribution >= 0.6 is 12.6 Å². The van der Waals surface area contributed by atoms with Gasteiger partial charge in [0.2, 0.25) is 0 Å². The number of rotatable bonds is 1. The molecule has 9 heavy (non-hydrogen) atoms. The average molecular weight is 142 g/mol. The van der Waals surface area contributed by atoms with Crippen LogP contribution in [-0.4, -0.2) is 9.55 Å². The fourth-order valence-electron chi connectivity index (χ4n) is 0.644. The number of hydrogen-bond acceptors (Lipinski definition) is 2. The molecule has 1 aromatic heterocycles. The Morgan fingerprint density at radius 2 is 2.44 bits per heavy atom. The standard InChI is InChI=1S/C6H10N2S/c1-5-3-8(4-7-5)6(2)9/h3-4,6,9H,1-2H3. The molecular formula is C6H10N2S. The monoisotopic (exact) mass is 142 g/mol. The van der Waals surface area contributed by atoms with Gasteiger partial charge in [-0.2, -0.15) is 12.6 Å². The van der Waals surface area contributed by atoms with Gasteiger partial charge in [0, 0.05) is 6.20 Å². The molecule has 0 saturated heterocycles. The van der Waals surface area contributed by atoms with Gasteiger partial charge in [0.05, 0.1) is 17.4 Å². The molecule has 0 aliphatic rings. The van der Waals surface area contributed by atoms with Crippen molar-refractivity contribution in [3.63, 3.8) is 0 Å². The molecule has 0 amide bonds. The minimum Gasteiger partial charge on any atom is -0.325 e. The van der Waals surface area contributed by atoms with Gasteiger partial charge >= 0.3 is 0 Å². The first-order valence-corrected chi connectivity index (χ1v) is 3.40. The highest BCUT2D eigenvalue weighted by Crippen LogP contribution is 2.08. The molecule has 1 rings (SSSR count). The maximum atomic E-state index is 4.22. The second kappa shape index (κ2) is 2.43. The van der Waals surface area contributed by atoms with Crippen LogP contribution < -0.4 is 0 Å². The Bertz CT molecular complexity index is 193. The van der Waals surface area contributed by atoms with E-state index in [1.54, 1.807) is 6.33 Å². The van der Waals surface area contributed by atoms with Crippen LogP contribution in [0.4, 0.5) is 0 Å². The largest absolute Gasteiger partial charge is 0.325 e. The van der Waals surface area contributed by atoms with Crippen molar-refractivity contribution in [3.05, 3.63) is 18.2 Å². The van der Waals surface area contributed by atoms with Gasteiger partial charge in [0.1, 0.15) is 0 Å². The second-order valence-corrected chi connectivity index (χ2v) is 2.84. The van der Waals surface area contributed by atoms with Crippen molar-refractivity contribution >= 4 is 12.6 Å². The number of nitrogens with zero attached hydrogens (tertiary/aromatic N) is 2. The first kappa shape index (κ1) is 6.68. The molecule has 0 aromatic carbocycles. The third-order valence-electron chi connectivity index (χ3n) is 1.16. The lowest BCUT2D eigenvalue weighted by Crippen LogP contribution is -1.92. The predicted octanol–water partition coefficient (Wildman–Crippen LogP) is 1.64. The van der Waals surface area contributed by atoms with Gasteiger partial charge in [0.25, 0.3) is 0 Å². The number of thiol groups is 1. The van der Waals surface area contributed by atoms with Crippen molar-refractivity contribution in [1.29, 1.82) is 0 Å². The minimum atomic E-state index is 0.228. The topological polar surface area (TPSA) is 17.8 Å². The van der Waals surface area contributed by atoms with E-state index in [2.05, 4.69) is 17.6 Å². The van der Waals surface area contributed by atoms with E-state index in [0.717, 1.165) is 5.69 Å². The molecule has 1 heterocycles. The second-order valence-electron chi connectivity index (χ2n) is 2.09. The summed E-state index contributed by atoms with van der Waals surface area (Å²) in [6.07, 6.45) is 3.75. The van der Waals surface area contributed by atoms with Crippen LogP contribution in [0.2, 0.25) is 0 Å². The highest BCUT2D eigenvalue weighted by molar-refractivity contribution is 7.80. The maximum Gasteiger partial charge on any atom is 0.0958 e. The lowest BCUT2D eigenvalue weighted by Gasteiger charge is -2.02. The Balaban J connectivity index is 2.85. The van der Waals surface area contributed by atoms with Crippen molar-refractivity contribution in [2.24, 2.45) is 0 Å². The van der Waals surface area contributed by atoms with Crippen LogP contribution in [0, 0.1) is 6.92 Å². The SMILES string of the molecule is Cc1cn(C(C)S)cn1. The highest BCUT2D eigenvalue weighted by Gasteiger charge is 1.95. The normalized spacial score (nSPS) is 13.7. The zero-order valence-corrected chi connectivity index (χ0v) is 6.47. The summed E-state index contributed by atoms with van der Waals surface area (Å²) in [5, 5.41) is 0.228. The summed E-state index contributed by atoms with van der Waals surface area (Å²) in [5.74, 6) is 0. The summed E-state index contributed by atoms with van der Waals surface area (Å²) < 4.78 is 1.96. The van der Waals surface area contributed by atoms with Crippen LogP contribution in [0.1, 0.15) is 18.0 Å². The molecule has 0 N–H and O–H groups in total. The van der Waals surface area contributed by atoms with Crippen molar-refractivity contribution in [2.45, 2.75) is 19.2 Å². The summed E-state index contributed by atoms with van der Waals surface area (Å²) in [6, 6.07) is 0. The van der Waals surface area contributed by atoms with Crippen LogP contribution in [0.3, 0.4) is 0 Å². The molecule has 50 valence electrons. The van der Waals surface area contributed by atoms with Gasteiger partial charge in [-0.15, -0.1) is 0 Å². The lowest BCUT2D eigenvalue weighted by atomic mass is 10.6. The first-order valence-electron chi connectivity index (χ1n) is 2.88. The first-order chi connectivity index (χ1) is 4.20. The Labute approximate surface area is 60.3 Å². The van der Waals surface area contributed by atoms with Gasteiger partial charge < -0.3 is 4.57 Å². The van der Waals surface area contributed by atoms with Crippen LogP contribution in [0.5, 0.6) is 0 Å². The number of imidazole rings is 1. The summed E-state index contributed by atoms with van der Waals surface area (Å²) >= 11 is 4.22. The van der Waals surface area contributed by atoms with Gasteiger partial charge in [-0.05, 0) is 13.8 Å². The molecule has 1 atom stereocenters. The van der Waals surface area contributed by atoms with E-state index in [0.29, 0.717) is 0 Å².